The molecule has 1 aliphatic rings. The number of hydrogen-bond donors (Lipinski definition) is 2. The zero-order chi connectivity index (χ0) is 15.5. The SMILES string of the molecule is CCCN(CC)c1ccc(F)c(C2(C)CNC[C@H](N)O2)c1. The molecule has 4 nitrogen and oxygen atoms in total. The van der Waals surface area contributed by atoms with Gasteiger partial charge in [-0.2, -0.15) is 0 Å². The first kappa shape index (κ1) is 16.2. The molecule has 0 aliphatic carbocycles. The van der Waals surface area contributed by atoms with E-state index in [-0.39, 0.29) is 5.82 Å². The van der Waals surface area contributed by atoms with Crippen LogP contribution in [0.25, 0.3) is 0 Å². The molecule has 0 amide bonds. The van der Waals surface area contributed by atoms with E-state index in [1.807, 2.05) is 19.1 Å². The van der Waals surface area contributed by atoms with Crippen LogP contribution in [0.15, 0.2) is 18.2 Å². The molecule has 0 spiro atoms. The Morgan fingerprint density at radius 2 is 2.24 bits per heavy atom. The second kappa shape index (κ2) is 6.73. The van der Waals surface area contributed by atoms with Crippen molar-refractivity contribution >= 4 is 5.69 Å². The van der Waals surface area contributed by atoms with Crippen molar-refractivity contribution in [1.29, 1.82) is 0 Å². The van der Waals surface area contributed by atoms with E-state index < -0.39 is 11.8 Å². The van der Waals surface area contributed by atoms with Crippen molar-refractivity contribution in [3.05, 3.63) is 29.6 Å². The maximum atomic E-state index is 14.3. The predicted molar refractivity (Wildman–Crippen MR) is 83.9 cm³/mol. The second-order valence-electron chi connectivity index (χ2n) is 5.76. The van der Waals surface area contributed by atoms with Crippen molar-refractivity contribution in [3.8, 4) is 0 Å². The summed E-state index contributed by atoms with van der Waals surface area (Å²) in [5, 5.41) is 3.21. The number of rotatable bonds is 5. The average Bonchev–Trinajstić information content (AvgIpc) is 2.45. The molecule has 118 valence electrons. The highest BCUT2D eigenvalue weighted by Gasteiger charge is 2.35. The molecule has 0 saturated carbocycles. The summed E-state index contributed by atoms with van der Waals surface area (Å²) in [5.41, 5.74) is 6.71. The van der Waals surface area contributed by atoms with Crippen LogP contribution in [0.3, 0.4) is 0 Å². The fraction of sp³-hybridized carbons (Fsp3) is 0.625. The molecule has 0 bridgehead atoms. The Kier molecular flexibility index (Phi) is 5.19. The molecule has 1 saturated heterocycles. The van der Waals surface area contributed by atoms with E-state index in [1.165, 1.54) is 6.07 Å². The van der Waals surface area contributed by atoms with Crippen molar-refractivity contribution in [2.45, 2.75) is 39.0 Å². The molecule has 1 heterocycles. The van der Waals surface area contributed by atoms with Crippen molar-refractivity contribution in [3.63, 3.8) is 0 Å². The summed E-state index contributed by atoms with van der Waals surface area (Å²) in [7, 11) is 0. The largest absolute Gasteiger partial charge is 0.372 e. The van der Waals surface area contributed by atoms with Crippen molar-refractivity contribution < 1.29 is 9.13 Å². The molecule has 0 radical (unpaired) electrons. The third kappa shape index (κ3) is 3.54. The summed E-state index contributed by atoms with van der Waals surface area (Å²) in [6.45, 7) is 9.13. The van der Waals surface area contributed by atoms with Gasteiger partial charge in [-0.1, -0.05) is 6.92 Å². The summed E-state index contributed by atoms with van der Waals surface area (Å²) in [4.78, 5) is 2.24. The number of ether oxygens (including phenoxy) is 1. The van der Waals surface area contributed by atoms with Crippen molar-refractivity contribution in [1.82, 2.24) is 5.32 Å². The van der Waals surface area contributed by atoms with E-state index in [4.69, 9.17) is 10.5 Å². The number of nitrogens with two attached hydrogens (primary N) is 1. The fourth-order valence-electron chi connectivity index (χ4n) is 2.88. The van der Waals surface area contributed by atoms with Crippen LogP contribution in [0.4, 0.5) is 10.1 Å². The number of benzene rings is 1. The van der Waals surface area contributed by atoms with Crippen LogP contribution in [-0.2, 0) is 10.3 Å². The highest BCUT2D eigenvalue weighted by Crippen LogP contribution is 2.32. The first-order valence-electron chi connectivity index (χ1n) is 7.69. The van der Waals surface area contributed by atoms with Crippen molar-refractivity contribution in [2.75, 3.05) is 31.1 Å². The van der Waals surface area contributed by atoms with E-state index in [1.54, 1.807) is 0 Å². The first-order valence-corrected chi connectivity index (χ1v) is 7.69. The van der Waals surface area contributed by atoms with E-state index in [2.05, 4.69) is 24.1 Å². The van der Waals surface area contributed by atoms with Crippen LogP contribution in [0.5, 0.6) is 0 Å². The number of nitrogens with zero attached hydrogens (tertiary/aromatic N) is 1. The lowest BCUT2D eigenvalue weighted by atomic mass is 9.93. The normalized spacial score (nSPS) is 25.9. The Hall–Kier alpha value is -1.17. The first-order chi connectivity index (χ1) is 10.00. The predicted octanol–water partition coefficient (Wildman–Crippen LogP) is 2.18. The molecule has 2 rings (SSSR count). The molecule has 1 aromatic carbocycles. The molecule has 1 unspecified atom stereocenters. The fourth-order valence-corrected chi connectivity index (χ4v) is 2.88. The highest BCUT2D eigenvalue weighted by molar-refractivity contribution is 5.50. The topological polar surface area (TPSA) is 50.5 Å². The van der Waals surface area contributed by atoms with Crippen LogP contribution >= 0.6 is 0 Å². The molecule has 1 aliphatic heterocycles. The summed E-state index contributed by atoms with van der Waals surface area (Å²) in [6, 6.07) is 5.25. The molecule has 1 fully saturated rings. The second-order valence-corrected chi connectivity index (χ2v) is 5.76. The van der Waals surface area contributed by atoms with E-state index in [0.29, 0.717) is 18.7 Å². The number of halogens is 1. The molecule has 2 atom stereocenters. The smallest absolute Gasteiger partial charge is 0.129 e. The number of anilines is 1. The Labute approximate surface area is 126 Å². The van der Waals surface area contributed by atoms with Gasteiger partial charge in [0.1, 0.15) is 17.6 Å². The van der Waals surface area contributed by atoms with Gasteiger partial charge in [0.25, 0.3) is 0 Å². The number of nitrogens with one attached hydrogen (secondary N) is 1. The third-order valence-corrected chi connectivity index (χ3v) is 3.98. The van der Waals surface area contributed by atoms with Gasteiger partial charge in [0.05, 0.1) is 0 Å². The zero-order valence-electron chi connectivity index (χ0n) is 13.2. The number of morpholine rings is 1. The molecule has 0 aromatic heterocycles. The Bertz CT molecular complexity index is 483. The summed E-state index contributed by atoms with van der Waals surface area (Å²) in [5.74, 6) is -0.246. The summed E-state index contributed by atoms with van der Waals surface area (Å²) >= 11 is 0. The standard InChI is InChI=1S/C16H26FN3O/c1-4-8-20(5-2)12-6-7-14(17)13(9-12)16(3)11-19-10-15(18)21-16/h6-7,9,15,19H,4-5,8,10-11,18H2,1-3H3/t15-,16?/m1/s1. The lowest BCUT2D eigenvalue weighted by Gasteiger charge is -2.38. The monoisotopic (exact) mass is 295 g/mol. The Morgan fingerprint density at radius 3 is 2.86 bits per heavy atom. The minimum Gasteiger partial charge on any atom is -0.372 e. The third-order valence-electron chi connectivity index (χ3n) is 3.98. The maximum absolute atomic E-state index is 14.3. The van der Waals surface area contributed by atoms with Gasteiger partial charge in [-0.15, -0.1) is 0 Å². The summed E-state index contributed by atoms with van der Waals surface area (Å²) < 4.78 is 20.1. The Morgan fingerprint density at radius 1 is 1.48 bits per heavy atom. The van der Waals surface area contributed by atoms with Crippen LogP contribution in [0, 0.1) is 5.82 Å². The van der Waals surface area contributed by atoms with Crippen LogP contribution in [0.1, 0.15) is 32.8 Å². The van der Waals surface area contributed by atoms with Gasteiger partial charge < -0.3 is 20.7 Å². The van der Waals surface area contributed by atoms with E-state index >= 15 is 0 Å². The van der Waals surface area contributed by atoms with Crippen LogP contribution in [0.2, 0.25) is 0 Å². The van der Waals surface area contributed by atoms with Gasteiger partial charge in [0.2, 0.25) is 0 Å². The van der Waals surface area contributed by atoms with Crippen LogP contribution in [-0.4, -0.2) is 32.4 Å². The molecule has 21 heavy (non-hydrogen) atoms. The van der Waals surface area contributed by atoms with Gasteiger partial charge in [-0.3, -0.25) is 0 Å². The molecular weight excluding hydrogens is 269 g/mol. The Balaban J connectivity index is 2.34. The van der Waals surface area contributed by atoms with Gasteiger partial charge in [-0.25, -0.2) is 4.39 Å². The van der Waals surface area contributed by atoms with Crippen LogP contribution < -0.4 is 16.0 Å². The maximum Gasteiger partial charge on any atom is 0.129 e. The lowest BCUT2D eigenvalue weighted by Crippen LogP contribution is -2.53. The molecule has 5 heteroatoms. The quantitative estimate of drug-likeness (QED) is 0.874. The lowest BCUT2D eigenvalue weighted by molar-refractivity contribution is -0.109. The molecule has 3 N–H and O–H groups in total. The zero-order valence-corrected chi connectivity index (χ0v) is 13.2. The molecule has 1 aromatic rings. The van der Waals surface area contributed by atoms with Gasteiger partial charge >= 0.3 is 0 Å². The molecular formula is C16H26FN3O. The van der Waals surface area contributed by atoms with Gasteiger partial charge in [-0.05, 0) is 38.5 Å². The minimum absolute atomic E-state index is 0.246. The minimum atomic E-state index is -0.733. The number of hydrogen-bond acceptors (Lipinski definition) is 4. The van der Waals surface area contributed by atoms with Gasteiger partial charge in [0, 0.05) is 37.4 Å². The van der Waals surface area contributed by atoms with Gasteiger partial charge in [0.15, 0.2) is 0 Å². The summed E-state index contributed by atoms with van der Waals surface area (Å²) in [6.07, 6.45) is 0.644. The van der Waals surface area contributed by atoms with Crippen molar-refractivity contribution in [2.24, 2.45) is 5.73 Å². The van der Waals surface area contributed by atoms with E-state index in [9.17, 15) is 4.39 Å². The average molecular weight is 295 g/mol. The highest BCUT2D eigenvalue weighted by atomic mass is 19.1. The van der Waals surface area contributed by atoms with E-state index in [0.717, 1.165) is 25.2 Å².